The van der Waals surface area contributed by atoms with Crippen LogP contribution in [0.4, 0.5) is 0 Å². The molecule has 2 rings (SSSR count). The van der Waals surface area contributed by atoms with Crippen LogP contribution in [0.5, 0.6) is 0 Å². The zero-order valence-electron chi connectivity index (χ0n) is 13.3. The lowest BCUT2D eigenvalue weighted by Crippen LogP contribution is -2.41. The molecule has 1 heterocycles. The first-order valence-corrected chi connectivity index (χ1v) is 7.33. The molecule has 1 aliphatic heterocycles. The van der Waals surface area contributed by atoms with Crippen LogP contribution in [0.3, 0.4) is 0 Å². The molecule has 0 bridgehead atoms. The SMILES string of the molecule is Cl.Cl.Cl.Cl.c1ccc(CN2CCNCCNCCNCC2)cc1. The monoisotopic (exact) mass is 406 g/mol. The lowest BCUT2D eigenvalue weighted by molar-refractivity contribution is 0.263. The minimum Gasteiger partial charge on any atom is -0.314 e. The summed E-state index contributed by atoms with van der Waals surface area (Å²) in [6, 6.07) is 10.7. The molecule has 0 amide bonds. The van der Waals surface area contributed by atoms with Crippen LogP contribution in [0.2, 0.25) is 0 Å². The van der Waals surface area contributed by atoms with E-state index in [1.165, 1.54) is 5.56 Å². The molecule has 3 N–H and O–H groups in total. The molecular weight excluding hydrogens is 378 g/mol. The molecule has 23 heavy (non-hydrogen) atoms. The molecule has 1 aliphatic rings. The minimum atomic E-state index is 0. The molecule has 1 aromatic carbocycles. The van der Waals surface area contributed by atoms with Crippen molar-refractivity contribution in [2.45, 2.75) is 6.54 Å². The van der Waals surface area contributed by atoms with E-state index in [2.05, 4.69) is 51.2 Å². The van der Waals surface area contributed by atoms with Gasteiger partial charge in [-0.25, -0.2) is 0 Å². The first-order chi connectivity index (χ1) is 9.45. The van der Waals surface area contributed by atoms with Crippen molar-refractivity contribution in [3.63, 3.8) is 0 Å². The Hall–Kier alpha value is 0.220. The van der Waals surface area contributed by atoms with Gasteiger partial charge in [-0.15, -0.1) is 49.6 Å². The molecule has 1 fully saturated rings. The summed E-state index contributed by atoms with van der Waals surface area (Å²) in [7, 11) is 0. The summed E-state index contributed by atoms with van der Waals surface area (Å²) in [5, 5.41) is 10.4. The van der Waals surface area contributed by atoms with Gasteiger partial charge in [-0.2, -0.15) is 0 Å². The van der Waals surface area contributed by atoms with Crippen LogP contribution in [0, 0.1) is 0 Å². The van der Waals surface area contributed by atoms with E-state index in [9.17, 15) is 0 Å². The summed E-state index contributed by atoms with van der Waals surface area (Å²) in [5.74, 6) is 0. The quantitative estimate of drug-likeness (QED) is 0.700. The zero-order chi connectivity index (χ0) is 13.2. The van der Waals surface area contributed by atoms with Crippen LogP contribution in [-0.4, -0.2) is 57.3 Å². The number of nitrogens with zero attached hydrogens (tertiary/aromatic N) is 1. The van der Waals surface area contributed by atoms with Gasteiger partial charge in [-0.3, -0.25) is 4.90 Å². The Labute approximate surface area is 165 Å². The number of hydrogen-bond acceptors (Lipinski definition) is 4. The molecule has 8 heteroatoms. The summed E-state index contributed by atoms with van der Waals surface area (Å²) in [5.41, 5.74) is 1.40. The Bertz CT molecular complexity index is 332. The van der Waals surface area contributed by atoms with E-state index in [4.69, 9.17) is 0 Å². The maximum absolute atomic E-state index is 3.49. The molecular formula is C15H30Cl4N4. The van der Waals surface area contributed by atoms with Gasteiger partial charge >= 0.3 is 0 Å². The molecule has 4 nitrogen and oxygen atoms in total. The lowest BCUT2D eigenvalue weighted by atomic mass is 10.2. The van der Waals surface area contributed by atoms with Crippen molar-refractivity contribution in [1.29, 1.82) is 0 Å². The smallest absolute Gasteiger partial charge is 0.0234 e. The normalized spacial score (nSPS) is 16.9. The topological polar surface area (TPSA) is 39.3 Å². The van der Waals surface area contributed by atoms with E-state index in [-0.39, 0.29) is 49.6 Å². The highest BCUT2D eigenvalue weighted by Gasteiger charge is 2.06. The van der Waals surface area contributed by atoms with Crippen LogP contribution in [-0.2, 0) is 6.54 Å². The van der Waals surface area contributed by atoms with E-state index in [0.29, 0.717) is 0 Å². The average Bonchev–Trinajstić information content (AvgIpc) is 2.43. The highest BCUT2D eigenvalue weighted by molar-refractivity contribution is 5.86. The van der Waals surface area contributed by atoms with Crippen LogP contribution in [0.1, 0.15) is 5.56 Å². The number of hydrogen-bond donors (Lipinski definition) is 3. The molecule has 0 aliphatic carbocycles. The number of nitrogens with one attached hydrogen (secondary N) is 3. The van der Waals surface area contributed by atoms with Gasteiger partial charge in [0.15, 0.2) is 0 Å². The maximum Gasteiger partial charge on any atom is 0.0234 e. The van der Waals surface area contributed by atoms with Crippen molar-refractivity contribution in [3.05, 3.63) is 35.9 Å². The Morgan fingerprint density at radius 3 is 1.57 bits per heavy atom. The summed E-state index contributed by atoms with van der Waals surface area (Å²) in [4.78, 5) is 2.52. The standard InChI is InChI=1S/C15H26N4.4ClH/c1-2-4-15(5-3-1)14-19-12-10-17-8-6-16-7-9-18-11-13-19;;;;/h1-5,16-18H,6-14H2;4*1H. The Kier molecular flexibility index (Phi) is 22.6. The second-order valence-corrected chi connectivity index (χ2v) is 5.01. The van der Waals surface area contributed by atoms with Crippen LogP contribution in [0.25, 0.3) is 0 Å². The molecule has 0 radical (unpaired) electrons. The Balaban J connectivity index is -0.000001000. The number of benzene rings is 1. The van der Waals surface area contributed by atoms with E-state index in [1.54, 1.807) is 0 Å². The van der Waals surface area contributed by atoms with Crippen molar-refractivity contribution in [2.75, 3.05) is 52.4 Å². The predicted octanol–water partition coefficient (Wildman–Crippen LogP) is 1.96. The van der Waals surface area contributed by atoms with Crippen molar-refractivity contribution in [2.24, 2.45) is 0 Å². The van der Waals surface area contributed by atoms with Crippen LogP contribution in [0.15, 0.2) is 30.3 Å². The molecule has 0 aromatic heterocycles. The third kappa shape index (κ3) is 13.2. The van der Waals surface area contributed by atoms with Crippen molar-refractivity contribution >= 4 is 49.6 Å². The zero-order valence-corrected chi connectivity index (χ0v) is 16.6. The van der Waals surface area contributed by atoms with Gasteiger partial charge in [0, 0.05) is 58.9 Å². The van der Waals surface area contributed by atoms with Crippen molar-refractivity contribution in [1.82, 2.24) is 20.9 Å². The Morgan fingerprint density at radius 2 is 1.09 bits per heavy atom. The molecule has 1 aromatic rings. The summed E-state index contributed by atoms with van der Waals surface area (Å²) < 4.78 is 0. The predicted molar refractivity (Wildman–Crippen MR) is 109 cm³/mol. The van der Waals surface area contributed by atoms with Crippen LogP contribution < -0.4 is 16.0 Å². The van der Waals surface area contributed by atoms with E-state index < -0.39 is 0 Å². The van der Waals surface area contributed by atoms with Gasteiger partial charge in [0.1, 0.15) is 0 Å². The summed E-state index contributed by atoms with van der Waals surface area (Å²) in [6.45, 7) is 9.61. The summed E-state index contributed by atoms with van der Waals surface area (Å²) in [6.07, 6.45) is 0. The summed E-state index contributed by atoms with van der Waals surface area (Å²) >= 11 is 0. The molecule has 0 saturated carbocycles. The van der Waals surface area contributed by atoms with Gasteiger partial charge in [0.05, 0.1) is 0 Å². The fourth-order valence-electron chi connectivity index (χ4n) is 2.31. The van der Waals surface area contributed by atoms with Gasteiger partial charge < -0.3 is 16.0 Å². The fraction of sp³-hybridized carbons (Fsp3) is 0.600. The largest absolute Gasteiger partial charge is 0.314 e. The van der Waals surface area contributed by atoms with E-state index in [1.807, 2.05) is 0 Å². The first-order valence-electron chi connectivity index (χ1n) is 7.33. The molecule has 0 unspecified atom stereocenters. The van der Waals surface area contributed by atoms with Gasteiger partial charge in [0.25, 0.3) is 0 Å². The number of halogens is 4. The molecule has 0 spiro atoms. The molecule has 0 atom stereocenters. The molecule has 1 saturated heterocycles. The van der Waals surface area contributed by atoms with Gasteiger partial charge in [-0.1, -0.05) is 30.3 Å². The number of rotatable bonds is 2. The second-order valence-electron chi connectivity index (χ2n) is 5.01. The highest BCUT2D eigenvalue weighted by Crippen LogP contribution is 2.03. The van der Waals surface area contributed by atoms with Crippen molar-refractivity contribution in [3.8, 4) is 0 Å². The van der Waals surface area contributed by atoms with E-state index >= 15 is 0 Å². The molecule has 138 valence electrons. The van der Waals surface area contributed by atoms with Gasteiger partial charge in [-0.05, 0) is 5.56 Å². The fourth-order valence-corrected chi connectivity index (χ4v) is 2.31. The second kappa shape index (κ2) is 18.6. The van der Waals surface area contributed by atoms with Crippen molar-refractivity contribution < 1.29 is 0 Å². The van der Waals surface area contributed by atoms with E-state index in [0.717, 1.165) is 58.9 Å². The minimum absolute atomic E-state index is 0. The third-order valence-electron chi connectivity index (χ3n) is 3.42. The lowest BCUT2D eigenvalue weighted by Gasteiger charge is -2.23. The van der Waals surface area contributed by atoms with Crippen LogP contribution >= 0.6 is 49.6 Å². The maximum atomic E-state index is 3.49. The third-order valence-corrected chi connectivity index (χ3v) is 3.42. The average molecular weight is 408 g/mol. The first kappa shape index (κ1) is 28.0. The Morgan fingerprint density at radius 1 is 0.652 bits per heavy atom. The van der Waals surface area contributed by atoms with Gasteiger partial charge in [0.2, 0.25) is 0 Å². The highest BCUT2D eigenvalue weighted by atomic mass is 35.5.